The van der Waals surface area contributed by atoms with E-state index >= 15 is 0 Å². The van der Waals surface area contributed by atoms with Gasteiger partial charge in [-0.2, -0.15) is 0 Å². The van der Waals surface area contributed by atoms with Crippen LogP contribution >= 0.6 is 0 Å². The van der Waals surface area contributed by atoms with Gasteiger partial charge in [-0.1, -0.05) is 48.5 Å². The van der Waals surface area contributed by atoms with Crippen LogP contribution in [0.5, 0.6) is 0 Å². The van der Waals surface area contributed by atoms with E-state index in [9.17, 15) is 19.2 Å². The monoisotopic (exact) mass is 562 g/mol. The Bertz CT molecular complexity index is 1930. The second kappa shape index (κ2) is 11.5. The van der Waals surface area contributed by atoms with E-state index in [2.05, 4.69) is 10.6 Å². The lowest BCUT2D eigenvalue weighted by molar-refractivity contribution is -0.111. The summed E-state index contributed by atoms with van der Waals surface area (Å²) in [5.74, 6) is -0.888. The maximum Gasteiger partial charge on any atom is 0.295 e. The predicted octanol–water partition coefficient (Wildman–Crippen LogP) is 4.19. The van der Waals surface area contributed by atoms with Crippen molar-refractivity contribution in [3.05, 3.63) is 134 Å². The fraction of sp³-hybridized carbons (Fsp3) is 0.125. The number of hydrogen-bond donors (Lipinski definition) is 2. The predicted molar refractivity (Wildman–Crippen MR) is 164 cm³/mol. The standard InChI is InChI=1S/C32H30N6O4/c1-21-28(31(41)37(35(21)3)25-11-7-5-8-12-25)33-27(39)20-17-23-15-18-24(19-16-23)30(40)34-29-22(2)36(4)38(32(29)42)26-13-9-6-10-14-26/h5-20H,1-4H3,(H,33,39)(H,34,40). The second-order valence-corrected chi connectivity index (χ2v) is 9.77. The number of aromatic nitrogens is 4. The van der Waals surface area contributed by atoms with Crippen molar-refractivity contribution in [1.82, 2.24) is 18.7 Å². The smallest absolute Gasteiger partial charge is 0.295 e. The number of para-hydroxylation sites is 2. The summed E-state index contributed by atoms with van der Waals surface area (Å²) in [5.41, 5.74) is 3.39. The average molecular weight is 563 g/mol. The third kappa shape index (κ3) is 5.25. The Morgan fingerprint density at radius 3 is 1.57 bits per heavy atom. The number of amides is 2. The SMILES string of the molecule is Cc1c(NC(=O)C=Cc2ccc(C(=O)Nc3c(C)n(C)n(-c4ccccc4)c3=O)cc2)c(=O)n(-c2ccccc2)n1C. The maximum atomic E-state index is 13.1. The molecule has 0 unspecified atom stereocenters. The summed E-state index contributed by atoms with van der Waals surface area (Å²) in [4.78, 5) is 51.8. The topological polar surface area (TPSA) is 112 Å². The number of nitrogens with zero attached hydrogens (tertiary/aromatic N) is 4. The molecule has 0 fully saturated rings. The van der Waals surface area contributed by atoms with Crippen molar-refractivity contribution in [1.29, 1.82) is 0 Å². The highest BCUT2D eigenvalue weighted by Crippen LogP contribution is 2.17. The highest BCUT2D eigenvalue weighted by atomic mass is 16.2. The van der Waals surface area contributed by atoms with Crippen molar-refractivity contribution in [2.45, 2.75) is 13.8 Å². The molecule has 2 heterocycles. The number of benzene rings is 3. The van der Waals surface area contributed by atoms with E-state index in [1.807, 2.05) is 60.7 Å². The van der Waals surface area contributed by atoms with Crippen molar-refractivity contribution in [2.24, 2.45) is 14.1 Å². The van der Waals surface area contributed by atoms with Gasteiger partial charge in [-0.3, -0.25) is 28.5 Å². The summed E-state index contributed by atoms with van der Waals surface area (Å²) in [6.45, 7) is 3.53. The van der Waals surface area contributed by atoms with Crippen molar-refractivity contribution < 1.29 is 9.59 Å². The number of hydrogen-bond acceptors (Lipinski definition) is 4. The number of carbonyl (C=O) groups is 2. The summed E-state index contributed by atoms with van der Waals surface area (Å²) in [7, 11) is 3.51. The molecule has 10 heteroatoms. The number of rotatable bonds is 7. The molecule has 10 nitrogen and oxygen atoms in total. The van der Waals surface area contributed by atoms with Gasteiger partial charge in [-0.25, -0.2) is 9.36 Å². The molecular formula is C32H30N6O4. The summed E-state index contributed by atoms with van der Waals surface area (Å²) < 4.78 is 6.37. The van der Waals surface area contributed by atoms with Crippen LogP contribution in [0.4, 0.5) is 11.4 Å². The fourth-order valence-corrected chi connectivity index (χ4v) is 4.69. The lowest BCUT2D eigenvalue weighted by Crippen LogP contribution is -2.22. The van der Waals surface area contributed by atoms with E-state index < -0.39 is 11.8 Å². The molecule has 0 atom stereocenters. The van der Waals surface area contributed by atoms with Gasteiger partial charge in [0, 0.05) is 25.7 Å². The zero-order chi connectivity index (χ0) is 30.0. The third-order valence-electron chi connectivity index (χ3n) is 7.20. The van der Waals surface area contributed by atoms with Gasteiger partial charge in [-0.05, 0) is 61.9 Å². The first-order valence-electron chi connectivity index (χ1n) is 13.3. The minimum absolute atomic E-state index is 0.200. The molecule has 0 bridgehead atoms. The first-order valence-corrected chi connectivity index (χ1v) is 13.3. The Morgan fingerprint density at radius 2 is 1.10 bits per heavy atom. The van der Waals surface area contributed by atoms with E-state index in [1.165, 1.54) is 15.4 Å². The molecule has 0 radical (unpaired) electrons. The van der Waals surface area contributed by atoms with E-state index in [0.29, 0.717) is 33.9 Å². The zero-order valence-electron chi connectivity index (χ0n) is 23.7. The van der Waals surface area contributed by atoms with Gasteiger partial charge in [0.25, 0.3) is 17.0 Å². The molecule has 2 amide bonds. The molecule has 2 aromatic heterocycles. The van der Waals surface area contributed by atoms with Crippen LogP contribution in [0.25, 0.3) is 17.5 Å². The molecule has 0 aliphatic carbocycles. The van der Waals surface area contributed by atoms with Crippen LogP contribution in [-0.4, -0.2) is 30.5 Å². The van der Waals surface area contributed by atoms with Gasteiger partial charge in [0.2, 0.25) is 5.91 Å². The first kappa shape index (κ1) is 27.9. The van der Waals surface area contributed by atoms with Crippen molar-refractivity contribution >= 4 is 29.3 Å². The van der Waals surface area contributed by atoms with Crippen LogP contribution in [0, 0.1) is 13.8 Å². The largest absolute Gasteiger partial charge is 0.316 e. The zero-order valence-corrected chi connectivity index (χ0v) is 23.7. The molecule has 2 N–H and O–H groups in total. The molecule has 42 heavy (non-hydrogen) atoms. The fourth-order valence-electron chi connectivity index (χ4n) is 4.69. The third-order valence-corrected chi connectivity index (χ3v) is 7.20. The number of carbonyl (C=O) groups excluding carboxylic acids is 2. The molecule has 3 aromatic carbocycles. The van der Waals surface area contributed by atoms with E-state index in [0.717, 1.165) is 0 Å². The highest BCUT2D eigenvalue weighted by Gasteiger charge is 2.19. The van der Waals surface area contributed by atoms with Crippen molar-refractivity contribution in [3.8, 4) is 11.4 Å². The van der Waals surface area contributed by atoms with Gasteiger partial charge in [0.1, 0.15) is 11.4 Å². The van der Waals surface area contributed by atoms with Gasteiger partial charge in [-0.15, -0.1) is 0 Å². The first-order chi connectivity index (χ1) is 20.2. The quantitative estimate of drug-likeness (QED) is 0.290. The Balaban J connectivity index is 1.27. The average Bonchev–Trinajstić information content (AvgIpc) is 3.34. The summed E-state index contributed by atoms with van der Waals surface area (Å²) in [6, 6.07) is 25.0. The van der Waals surface area contributed by atoms with E-state index in [4.69, 9.17) is 0 Å². The molecule has 0 aliphatic rings. The van der Waals surface area contributed by atoms with Crippen molar-refractivity contribution in [2.75, 3.05) is 10.6 Å². The Kier molecular flexibility index (Phi) is 7.61. The molecule has 212 valence electrons. The number of anilines is 2. The Morgan fingerprint density at radius 1 is 0.643 bits per heavy atom. The summed E-state index contributed by atoms with van der Waals surface area (Å²) in [6.07, 6.45) is 2.91. The molecule has 5 aromatic rings. The normalized spacial score (nSPS) is 11.1. The molecular weight excluding hydrogens is 532 g/mol. The van der Waals surface area contributed by atoms with Crippen LogP contribution in [0.2, 0.25) is 0 Å². The van der Waals surface area contributed by atoms with E-state index in [-0.39, 0.29) is 22.5 Å². The van der Waals surface area contributed by atoms with Gasteiger partial charge in [0.05, 0.1) is 22.8 Å². The minimum Gasteiger partial charge on any atom is -0.316 e. The number of nitrogens with one attached hydrogen (secondary N) is 2. The van der Waals surface area contributed by atoms with Gasteiger partial charge < -0.3 is 10.6 Å². The molecule has 0 aliphatic heterocycles. The molecule has 0 saturated heterocycles. The molecule has 0 spiro atoms. The van der Waals surface area contributed by atoms with Crippen LogP contribution in [0.15, 0.2) is 101 Å². The highest BCUT2D eigenvalue weighted by molar-refractivity contribution is 6.05. The van der Waals surface area contributed by atoms with Gasteiger partial charge in [0.15, 0.2) is 0 Å². The molecule has 0 saturated carbocycles. The summed E-state index contributed by atoms with van der Waals surface area (Å²) in [5, 5.41) is 5.43. The van der Waals surface area contributed by atoms with Crippen molar-refractivity contribution in [3.63, 3.8) is 0 Å². The molecule has 5 rings (SSSR count). The second-order valence-electron chi connectivity index (χ2n) is 9.77. The Hall–Kier alpha value is -5.64. The Labute approximate surface area is 241 Å². The van der Waals surface area contributed by atoms with Crippen LogP contribution in [0.1, 0.15) is 27.3 Å². The van der Waals surface area contributed by atoms with E-state index in [1.54, 1.807) is 67.6 Å². The van der Waals surface area contributed by atoms with Crippen LogP contribution < -0.4 is 21.8 Å². The minimum atomic E-state index is -0.461. The van der Waals surface area contributed by atoms with Crippen LogP contribution in [0.3, 0.4) is 0 Å². The lowest BCUT2D eigenvalue weighted by Gasteiger charge is -2.07. The summed E-state index contributed by atoms with van der Waals surface area (Å²) >= 11 is 0. The maximum absolute atomic E-state index is 13.1. The van der Waals surface area contributed by atoms with Crippen LogP contribution in [-0.2, 0) is 18.9 Å². The van der Waals surface area contributed by atoms with Gasteiger partial charge >= 0.3 is 0 Å². The lowest BCUT2D eigenvalue weighted by atomic mass is 10.1.